The van der Waals surface area contributed by atoms with Crippen molar-refractivity contribution in [3.63, 3.8) is 0 Å². The summed E-state index contributed by atoms with van der Waals surface area (Å²) in [6.07, 6.45) is 6.97. The van der Waals surface area contributed by atoms with Crippen LogP contribution in [0.1, 0.15) is 68.6 Å². The first-order valence-electron chi connectivity index (χ1n) is 12.3. The van der Waals surface area contributed by atoms with Crippen LogP contribution >= 0.6 is 0 Å². The molecule has 1 aliphatic rings. The zero-order chi connectivity index (χ0) is 24.8. The van der Waals surface area contributed by atoms with Crippen molar-refractivity contribution in [2.45, 2.75) is 71.8 Å². The second-order valence-corrected chi connectivity index (χ2v) is 9.10. The molecule has 6 heteroatoms. The monoisotopic (exact) mass is 472 g/mol. The average molecular weight is 473 g/mol. The van der Waals surface area contributed by atoms with Crippen molar-refractivity contribution in [1.82, 2.24) is 10.6 Å². The van der Waals surface area contributed by atoms with Crippen molar-refractivity contribution in [3.8, 4) is 0 Å². The molecule has 1 saturated carbocycles. The highest BCUT2D eigenvalue weighted by atomic mass is 19.1. The highest BCUT2D eigenvalue weighted by Gasteiger charge is 2.21. The number of halogens is 2. The minimum atomic E-state index is -0.521. The Bertz CT molecular complexity index is 867. The maximum absolute atomic E-state index is 12.2. The minimum Gasteiger partial charge on any atom is -0.356 e. The molecule has 0 bridgehead atoms. The van der Waals surface area contributed by atoms with Gasteiger partial charge in [0.2, 0.25) is 5.91 Å². The molecule has 0 aromatic heterocycles. The summed E-state index contributed by atoms with van der Waals surface area (Å²) in [6, 6.07) is 12.1. The molecule has 2 aromatic carbocycles. The molecule has 0 saturated heterocycles. The van der Waals surface area contributed by atoms with Crippen LogP contribution in [0.3, 0.4) is 0 Å². The van der Waals surface area contributed by atoms with Crippen LogP contribution in [-0.2, 0) is 22.6 Å². The van der Waals surface area contributed by atoms with E-state index >= 15 is 0 Å². The summed E-state index contributed by atoms with van der Waals surface area (Å²) in [5, 5.41) is 6.42. The molecule has 0 radical (unpaired) electrons. The van der Waals surface area contributed by atoms with Crippen LogP contribution in [0.4, 0.5) is 8.78 Å². The molecule has 4 nitrogen and oxygen atoms in total. The number of carbonyl (C=O) groups excluding carboxylic acids is 2. The molecular weight excluding hydrogens is 434 g/mol. The molecule has 1 fully saturated rings. The molecule has 0 heterocycles. The largest absolute Gasteiger partial charge is 0.356 e. The van der Waals surface area contributed by atoms with Gasteiger partial charge in [-0.2, -0.15) is 0 Å². The van der Waals surface area contributed by atoms with Crippen molar-refractivity contribution in [2.24, 2.45) is 5.92 Å². The fourth-order valence-electron chi connectivity index (χ4n) is 4.17. The van der Waals surface area contributed by atoms with Crippen LogP contribution in [0.2, 0.25) is 0 Å². The normalized spacial score (nSPS) is 15.4. The number of benzene rings is 2. The molecule has 1 atom stereocenters. The maximum Gasteiger partial charge on any atom is 0.220 e. The van der Waals surface area contributed by atoms with Gasteiger partial charge in [-0.05, 0) is 73.9 Å². The van der Waals surface area contributed by atoms with Gasteiger partial charge in [0.05, 0.1) is 0 Å². The molecule has 1 aliphatic carbocycles. The first-order chi connectivity index (χ1) is 16.4. The van der Waals surface area contributed by atoms with Crippen molar-refractivity contribution in [1.29, 1.82) is 0 Å². The van der Waals surface area contributed by atoms with Gasteiger partial charge in [-0.3, -0.25) is 9.59 Å². The van der Waals surface area contributed by atoms with Crippen LogP contribution in [-0.4, -0.2) is 24.8 Å². The first-order valence-corrected chi connectivity index (χ1v) is 12.3. The van der Waals surface area contributed by atoms with E-state index < -0.39 is 11.6 Å². The van der Waals surface area contributed by atoms with E-state index in [0.29, 0.717) is 37.2 Å². The number of carbonyl (C=O) groups is 2. The van der Waals surface area contributed by atoms with E-state index in [0.717, 1.165) is 44.8 Å². The Morgan fingerprint density at radius 3 is 2.47 bits per heavy atom. The summed E-state index contributed by atoms with van der Waals surface area (Å²) in [6.45, 7) is 6.30. The lowest BCUT2D eigenvalue weighted by Crippen LogP contribution is -2.30. The van der Waals surface area contributed by atoms with Crippen LogP contribution in [0, 0.1) is 24.5 Å². The van der Waals surface area contributed by atoms with Gasteiger partial charge in [-0.15, -0.1) is 0 Å². The third-order valence-corrected chi connectivity index (χ3v) is 5.78. The molecule has 2 aromatic rings. The van der Waals surface area contributed by atoms with Crippen molar-refractivity contribution >= 4 is 11.7 Å². The minimum absolute atomic E-state index is 0.0898. The van der Waals surface area contributed by atoms with Crippen molar-refractivity contribution < 1.29 is 18.4 Å². The third kappa shape index (κ3) is 11.5. The number of Topliss-reactive ketones (excluding diaryl/α,β-unsaturated/α-hetero) is 1. The summed E-state index contributed by atoms with van der Waals surface area (Å²) >= 11 is 0. The van der Waals surface area contributed by atoms with Crippen LogP contribution in [0.15, 0.2) is 42.5 Å². The Hall–Kier alpha value is -2.60. The smallest absolute Gasteiger partial charge is 0.220 e. The summed E-state index contributed by atoms with van der Waals surface area (Å²) in [5.74, 6) is -0.377. The van der Waals surface area contributed by atoms with Gasteiger partial charge >= 0.3 is 0 Å². The zero-order valence-electron chi connectivity index (χ0n) is 20.5. The molecule has 0 aliphatic heterocycles. The molecular formula is C28H38F2N2O2. The lowest BCUT2D eigenvalue weighted by Gasteiger charge is -2.20. The number of nitrogens with one attached hydrogen (secondary N) is 2. The predicted octanol–water partition coefficient (Wildman–Crippen LogP) is 5.66. The lowest BCUT2D eigenvalue weighted by molar-refractivity contribution is -0.124. The Morgan fingerprint density at radius 2 is 1.79 bits per heavy atom. The van der Waals surface area contributed by atoms with E-state index in [1.54, 1.807) is 6.92 Å². The van der Waals surface area contributed by atoms with E-state index in [1.807, 2.05) is 0 Å². The van der Waals surface area contributed by atoms with Gasteiger partial charge in [0.15, 0.2) is 0 Å². The zero-order valence-corrected chi connectivity index (χ0v) is 20.5. The Balaban J connectivity index is 0.000000379. The van der Waals surface area contributed by atoms with E-state index in [4.69, 9.17) is 0 Å². The van der Waals surface area contributed by atoms with Gasteiger partial charge in [-0.25, -0.2) is 8.78 Å². The number of hydrogen-bond acceptors (Lipinski definition) is 3. The van der Waals surface area contributed by atoms with Gasteiger partial charge in [0, 0.05) is 38.4 Å². The fraction of sp³-hybridized carbons (Fsp3) is 0.500. The molecule has 34 heavy (non-hydrogen) atoms. The van der Waals surface area contributed by atoms with Gasteiger partial charge in [0.25, 0.3) is 0 Å². The quantitative estimate of drug-likeness (QED) is 0.439. The van der Waals surface area contributed by atoms with E-state index in [-0.39, 0.29) is 11.8 Å². The molecule has 1 unspecified atom stereocenters. The van der Waals surface area contributed by atoms with E-state index in [9.17, 15) is 18.4 Å². The Labute approximate surface area is 202 Å². The van der Waals surface area contributed by atoms with Gasteiger partial charge in [0.1, 0.15) is 17.4 Å². The second-order valence-electron chi connectivity index (χ2n) is 9.10. The number of aryl methyl sites for hydroxylation is 2. The van der Waals surface area contributed by atoms with Crippen LogP contribution in [0.25, 0.3) is 0 Å². The number of ketones is 1. The highest BCUT2D eigenvalue weighted by molar-refractivity contribution is 5.81. The summed E-state index contributed by atoms with van der Waals surface area (Å²) < 4.78 is 24.4. The standard InChI is InChI=1S/C21H32N2O2.C7H6F2/c1-2-6-17-7-3-9-19(13-17)16-22-11-5-12-23-21(25)15-18-8-4-10-20(24)14-18;1-5-2-6(8)4-7(9)3-5/h3,7,9,13,18,22H,2,4-6,8,10-12,14-16H2,1H3,(H,23,25);2-4H,1H3. The van der Waals surface area contributed by atoms with Crippen LogP contribution in [0.5, 0.6) is 0 Å². The SMILES string of the molecule is CCCc1cccc(CNCCCNC(=O)CC2CCCC(=O)C2)c1.Cc1cc(F)cc(F)c1. The maximum atomic E-state index is 12.2. The van der Waals surface area contributed by atoms with Gasteiger partial charge < -0.3 is 10.6 Å². The predicted molar refractivity (Wildman–Crippen MR) is 132 cm³/mol. The fourth-order valence-corrected chi connectivity index (χ4v) is 4.17. The Kier molecular flexibility index (Phi) is 12.5. The van der Waals surface area contributed by atoms with Crippen molar-refractivity contribution in [2.75, 3.05) is 13.1 Å². The molecule has 3 rings (SSSR count). The summed E-state index contributed by atoms with van der Waals surface area (Å²) in [7, 11) is 0. The van der Waals surface area contributed by atoms with Crippen LogP contribution < -0.4 is 10.6 Å². The van der Waals surface area contributed by atoms with E-state index in [2.05, 4.69) is 41.8 Å². The number of amides is 1. The summed E-state index contributed by atoms with van der Waals surface area (Å²) in [5.41, 5.74) is 3.32. The third-order valence-electron chi connectivity index (χ3n) is 5.78. The number of rotatable bonds is 10. The Morgan fingerprint density at radius 1 is 1.06 bits per heavy atom. The average Bonchev–Trinajstić information content (AvgIpc) is 2.76. The molecule has 1 amide bonds. The molecule has 2 N–H and O–H groups in total. The molecule has 186 valence electrons. The highest BCUT2D eigenvalue weighted by Crippen LogP contribution is 2.23. The van der Waals surface area contributed by atoms with Crippen molar-refractivity contribution in [3.05, 3.63) is 70.8 Å². The number of hydrogen-bond donors (Lipinski definition) is 2. The first kappa shape index (κ1) is 27.6. The topological polar surface area (TPSA) is 58.2 Å². The molecule has 0 spiro atoms. The second kappa shape index (κ2) is 15.3. The lowest BCUT2D eigenvalue weighted by atomic mass is 9.86. The van der Waals surface area contributed by atoms with Gasteiger partial charge in [-0.1, -0.05) is 37.6 Å². The van der Waals surface area contributed by atoms with E-state index in [1.165, 1.54) is 29.7 Å². The summed E-state index contributed by atoms with van der Waals surface area (Å²) in [4.78, 5) is 23.3.